The van der Waals surface area contributed by atoms with Gasteiger partial charge in [-0.3, -0.25) is 0 Å². The molecule has 700 valence electrons. The third-order valence-electron chi connectivity index (χ3n) is 27.3. The molecule has 0 heterocycles. The second-order valence-electron chi connectivity index (χ2n) is 36.2. The molecule has 24 aromatic carbocycles. The van der Waals surface area contributed by atoms with Gasteiger partial charge in [-0.05, 0) is 381 Å². The third kappa shape index (κ3) is 17.6. The van der Waals surface area contributed by atoms with Gasteiger partial charge in [-0.1, -0.05) is 212 Å². The van der Waals surface area contributed by atoms with Gasteiger partial charge in [0.15, 0.2) is 5.69 Å². The van der Waals surface area contributed by atoms with E-state index >= 15 is 0 Å². The fraction of sp³-hybridized carbons (Fsp3) is 0. The van der Waals surface area contributed by atoms with Crippen molar-refractivity contribution in [1.29, 1.82) is 15.8 Å². The van der Waals surface area contributed by atoms with Gasteiger partial charge < -0.3 is 19.6 Å². The molecule has 0 bridgehead atoms. The van der Waals surface area contributed by atoms with Gasteiger partial charge in [0.25, 0.3) is 0 Å². The van der Waals surface area contributed by atoms with Gasteiger partial charge in [-0.2, -0.15) is 15.8 Å². The molecule has 24 aromatic rings. The number of hydrogen-bond donors (Lipinski definition) is 0. The largest absolute Gasteiger partial charge is 0.311 e. The van der Waals surface area contributed by atoms with E-state index in [0.717, 1.165) is 199 Å². The molecule has 0 saturated heterocycles. The van der Waals surface area contributed by atoms with Crippen LogP contribution in [0.1, 0.15) is 16.7 Å². The van der Waals surface area contributed by atoms with Gasteiger partial charge in [-0.15, -0.1) is 0 Å². The lowest BCUT2D eigenvalue weighted by Gasteiger charge is -2.31. The Bertz CT molecular complexity index is 8690. The summed E-state index contributed by atoms with van der Waals surface area (Å²) >= 11 is 0. The van der Waals surface area contributed by atoms with E-state index < -0.39 is 0 Å². The summed E-state index contributed by atoms with van der Waals surface area (Å²) in [4.78, 5) is 12.3. The van der Waals surface area contributed by atoms with Crippen molar-refractivity contribution in [2.24, 2.45) is 0 Å². The van der Waals surface area contributed by atoms with Crippen LogP contribution in [0.15, 0.2) is 461 Å². The van der Waals surface area contributed by atoms with Crippen LogP contribution in [0.2, 0.25) is 0 Å². The molecule has 0 N–H and O–H groups in total. The molecular weight excluding hydrogens is 1850 g/mol. The molecule has 0 aromatic heterocycles. The van der Waals surface area contributed by atoms with E-state index in [4.69, 9.17) is 6.57 Å². The predicted octanol–water partition coefficient (Wildman–Crippen LogP) is 37.7. The molecule has 0 unspecified atom stereocenters. The van der Waals surface area contributed by atoms with E-state index in [0.29, 0.717) is 45.1 Å². The van der Waals surface area contributed by atoms with Crippen LogP contribution in [0.25, 0.3) is 158 Å². The first-order chi connectivity index (χ1) is 72.4. The van der Waals surface area contributed by atoms with Crippen molar-refractivity contribution >= 4 is 139 Å². The Kier molecular flexibility index (Phi) is 24.0. The quantitative estimate of drug-likeness (QED) is 0.0427. The highest BCUT2D eigenvalue weighted by Crippen LogP contribution is 2.55. The minimum atomic E-state index is -0.365. The Morgan fingerprint density at radius 3 is 0.662 bits per heavy atom. The molecular formula is C132H76F8N8. The minimum Gasteiger partial charge on any atom is -0.311 e. The van der Waals surface area contributed by atoms with Gasteiger partial charge in [-0.25, -0.2) is 40.0 Å². The van der Waals surface area contributed by atoms with Crippen molar-refractivity contribution in [3.63, 3.8) is 0 Å². The summed E-state index contributed by atoms with van der Waals surface area (Å²) in [6, 6.07) is 145. The van der Waals surface area contributed by atoms with Crippen LogP contribution in [0.5, 0.6) is 0 Å². The lowest BCUT2D eigenvalue weighted by molar-refractivity contribution is 0.627. The molecule has 8 nitrogen and oxygen atoms in total. The van der Waals surface area contributed by atoms with E-state index in [-0.39, 0.29) is 46.5 Å². The average molecular weight is 1930 g/mol. The molecule has 0 aliphatic heterocycles. The van der Waals surface area contributed by atoms with Crippen molar-refractivity contribution < 1.29 is 35.1 Å². The molecule has 0 fully saturated rings. The Morgan fingerprint density at radius 1 is 0.182 bits per heavy atom. The number of halogens is 8. The van der Waals surface area contributed by atoms with Crippen molar-refractivity contribution in [3.8, 4) is 107 Å². The molecule has 0 atom stereocenters. The van der Waals surface area contributed by atoms with Crippen LogP contribution in [0.3, 0.4) is 0 Å². The zero-order chi connectivity index (χ0) is 101. The van der Waals surface area contributed by atoms with E-state index in [1.165, 1.54) is 97.1 Å². The van der Waals surface area contributed by atoms with Gasteiger partial charge in [0.2, 0.25) is 0 Å². The number of benzene rings is 24. The zero-order valence-corrected chi connectivity index (χ0v) is 78.5. The van der Waals surface area contributed by atoms with E-state index in [9.17, 15) is 50.9 Å². The lowest BCUT2D eigenvalue weighted by Crippen LogP contribution is -2.13. The number of rotatable bonds is 20. The van der Waals surface area contributed by atoms with Crippen molar-refractivity contribution in [3.05, 3.63) is 536 Å². The Hall–Kier alpha value is -20.0. The second-order valence-corrected chi connectivity index (χ2v) is 36.2. The number of nitrogens with zero attached hydrogens (tertiary/aromatic N) is 8. The standard InChI is InChI=1S/2C66H38F4N4/c1-72-56-5-3-7-58(39-56)74(60-37-50(44-12-24-54(69)25-13-44)34-51(38-60)45-14-26-55(70)27-15-45)64-31-19-47-16-28-61-63(30-18-46-17-29-62(64)66(47)65(46)61)73(57-6-2-4-41(32-57)40-71)59-35-48(42-8-20-52(67)21-9-42)33-49(36-59)43-10-22-53(68)23-11-43;67-53-21-9-41(10-22-53)49-33-50(42-11-23-54(68)24-12-42)36-57(35-49)73(61-7-3-1-5-47(61)39-71)63-31-19-45-18-30-60-64(32-20-46-17-29-59(63)65(45)66(46)60)74(62-8-4-2-6-48(62)40-72)58-37-51(43-13-25-55(69)26-14-43)34-52(38-58)44-15-27-56(70)28-16-44/h2-39H;1-38H. The highest BCUT2D eigenvalue weighted by molar-refractivity contribution is 6.30. The molecule has 148 heavy (non-hydrogen) atoms. The van der Waals surface area contributed by atoms with Crippen molar-refractivity contribution in [1.82, 2.24) is 0 Å². The number of hydrogen-bond acceptors (Lipinski definition) is 7. The van der Waals surface area contributed by atoms with Crippen LogP contribution in [-0.2, 0) is 0 Å². The summed E-state index contributed by atoms with van der Waals surface area (Å²) in [6.45, 7) is 8.02. The first-order valence-electron chi connectivity index (χ1n) is 47.6. The average Bonchev–Trinajstić information content (AvgIpc) is 0.718. The van der Waals surface area contributed by atoms with Gasteiger partial charge >= 0.3 is 0 Å². The smallest absolute Gasteiger partial charge is 0.189 e. The Morgan fingerprint density at radius 2 is 0.412 bits per heavy atom. The predicted molar refractivity (Wildman–Crippen MR) is 583 cm³/mol. The Labute approximate surface area is 846 Å². The topological polar surface area (TPSA) is 88.7 Å². The molecule has 0 aliphatic rings. The fourth-order valence-corrected chi connectivity index (χ4v) is 20.4. The van der Waals surface area contributed by atoms with Crippen molar-refractivity contribution in [2.45, 2.75) is 0 Å². The van der Waals surface area contributed by atoms with E-state index in [1.54, 1.807) is 121 Å². The lowest BCUT2D eigenvalue weighted by atomic mass is 9.91. The molecule has 24 rings (SSSR count). The number of anilines is 12. The van der Waals surface area contributed by atoms with Gasteiger partial charge in [0.05, 0.1) is 63.5 Å². The van der Waals surface area contributed by atoms with E-state index in [1.807, 2.05) is 146 Å². The first-order valence-corrected chi connectivity index (χ1v) is 47.6. The number of para-hydroxylation sites is 2. The van der Waals surface area contributed by atoms with E-state index in [2.05, 4.69) is 140 Å². The summed E-state index contributed by atoms with van der Waals surface area (Å²) in [5.74, 6) is -2.89. The monoisotopic (exact) mass is 1920 g/mol. The summed E-state index contributed by atoms with van der Waals surface area (Å²) in [5.41, 5.74) is 23.2. The number of nitriles is 3. The summed E-state index contributed by atoms with van der Waals surface area (Å²) in [6.07, 6.45) is 0. The zero-order valence-electron chi connectivity index (χ0n) is 78.5. The summed E-state index contributed by atoms with van der Waals surface area (Å²) < 4.78 is 115. The third-order valence-corrected chi connectivity index (χ3v) is 27.3. The molecule has 0 radical (unpaired) electrons. The SMILES string of the molecule is N#Cc1ccccc1N(c1cc(-c2ccc(F)cc2)cc(-c2ccc(F)cc2)c1)c1ccc2ccc3c(N(c4cc(-c5ccc(F)cc5)cc(-c5ccc(F)cc5)c4)c4ccccc4C#N)ccc4ccc1c2c43.[C-]#[N+]c1cccc(N(c2cc(-c3ccc(F)cc3)cc(-c3ccc(F)cc3)c2)c2ccc3ccc4c(N(c5cccc(C#N)c5)c5cc(-c6ccc(F)cc6)cc(-c6ccc(F)cc6)c5)ccc5ccc2c3c54)c1. The van der Waals surface area contributed by atoms with Crippen LogP contribution in [0.4, 0.5) is 109 Å². The molecule has 0 spiro atoms. The van der Waals surface area contributed by atoms with Crippen LogP contribution >= 0.6 is 0 Å². The molecule has 0 aliphatic carbocycles. The maximum atomic E-state index is 14.4. The first kappa shape index (κ1) is 91.7. The van der Waals surface area contributed by atoms with Crippen LogP contribution in [0, 0.1) is 87.1 Å². The molecule has 16 heteroatoms. The Balaban J connectivity index is 0.000000163. The maximum absolute atomic E-state index is 14.4. The second kappa shape index (κ2) is 38.8. The van der Waals surface area contributed by atoms with Crippen molar-refractivity contribution in [2.75, 3.05) is 19.6 Å². The highest BCUT2D eigenvalue weighted by atomic mass is 19.2. The van der Waals surface area contributed by atoms with Gasteiger partial charge in [0, 0.05) is 55.7 Å². The fourth-order valence-electron chi connectivity index (χ4n) is 20.4. The van der Waals surface area contributed by atoms with Gasteiger partial charge in [0.1, 0.15) is 58.7 Å². The summed E-state index contributed by atoms with van der Waals surface area (Å²) in [7, 11) is 0. The van der Waals surface area contributed by atoms with Crippen LogP contribution < -0.4 is 19.6 Å². The molecule has 0 saturated carbocycles. The summed E-state index contributed by atoms with van der Waals surface area (Å²) in [5, 5.41) is 43.1. The van der Waals surface area contributed by atoms with Crippen LogP contribution in [-0.4, -0.2) is 0 Å². The normalized spacial score (nSPS) is 11.2. The molecule has 0 amide bonds. The highest BCUT2D eigenvalue weighted by Gasteiger charge is 2.30. The minimum absolute atomic E-state index is 0.356. The maximum Gasteiger partial charge on any atom is 0.189 e.